The lowest BCUT2D eigenvalue weighted by atomic mass is 9.82. The number of hydrogen-bond acceptors (Lipinski definition) is 3. The minimum Gasteiger partial charge on any atom is -0.490 e. The van der Waals surface area contributed by atoms with Gasteiger partial charge in [0, 0.05) is 6.04 Å². The van der Waals surface area contributed by atoms with Gasteiger partial charge in [-0.3, -0.25) is 0 Å². The average Bonchev–Trinajstić information content (AvgIpc) is 2.50. The molecule has 3 atom stereocenters. The quantitative estimate of drug-likeness (QED) is 0.820. The van der Waals surface area contributed by atoms with E-state index in [1.54, 1.807) is 0 Å². The van der Waals surface area contributed by atoms with Crippen molar-refractivity contribution >= 4 is 0 Å². The lowest BCUT2D eigenvalue weighted by Crippen LogP contribution is -2.43. The Kier molecular flexibility index (Phi) is 6.37. The van der Waals surface area contributed by atoms with Gasteiger partial charge in [0.2, 0.25) is 0 Å². The van der Waals surface area contributed by atoms with Gasteiger partial charge in [0.15, 0.2) is 11.5 Å². The molecule has 1 aromatic rings. The lowest BCUT2D eigenvalue weighted by Gasteiger charge is -2.34. The molecule has 2 rings (SSSR count). The zero-order valence-electron chi connectivity index (χ0n) is 13.4. The van der Waals surface area contributed by atoms with E-state index in [9.17, 15) is 0 Å². The van der Waals surface area contributed by atoms with Crippen molar-refractivity contribution in [3.63, 3.8) is 0 Å². The van der Waals surface area contributed by atoms with Gasteiger partial charge in [0.05, 0.1) is 6.61 Å². The molecule has 3 heteroatoms. The Bertz CT molecular complexity index is 421. The molecule has 1 aliphatic carbocycles. The van der Waals surface area contributed by atoms with Crippen LogP contribution in [0.15, 0.2) is 24.3 Å². The summed E-state index contributed by atoms with van der Waals surface area (Å²) < 4.78 is 12.0. The van der Waals surface area contributed by atoms with E-state index in [1.165, 1.54) is 19.3 Å². The highest BCUT2D eigenvalue weighted by Crippen LogP contribution is 2.33. The van der Waals surface area contributed by atoms with Gasteiger partial charge in [-0.25, -0.2) is 0 Å². The maximum absolute atomic E-state index is 6.27. The van der Waals surface area contributed by atoms with Crippen LogP contribution in [-0.2, 0) is 0 Å². The Morgan fingerprint density at radius 2 is 1.86 bits per heavy atom. The third-order valence-electron chi connectivity index (χ3n) is 4.24. The number of benzene rings is 1. The summed E-state index contributed by atoms with van der Waals surface area (Å²) in [5.74, 6) is 2.43. The molecular formula is C18H29NO2. The predicted molar refractivity (Wildman–Crippen MR) is 86.9 cm³/mol. The average molecular weight is 291 g/mol. The highest BCUT2D eigenvalue weighted by atomic mass is 16.5. The summed E-state index contributed by atoms with van der Waals surface area (Å²) in [4.78, 5) is 0. The van der Waals surface area contributed by atoms with Crippen LogP contribution < -0.4 is 15.2 Å². The third kappa shape index (κ3) is 4.63. The molecule has 0 aliphatic heterocycles. The highest BCUT2D eigenvalue weighted by molar-refractivity contribution is 5.39. The van der Waals surface area contributed by atoms with Crippen LogP contribution in [0.1, 0.15) is 52.4 Å². The topological polar surface area (TPSA) is 44.5 Å². The van der Waals surface area contributed by atoms with Gasteiger partial charge < -0.3 is 15.2 Å². The van der Waals surface area contributed by atoms with Crippen LogP contribution in [0, 0.1) is 5.92 Å². The minimum absolute atomic E-state index is 0.113. The molecule has 0 heterocycles. The van der Waals surface area contributed by atoms with Crippen molar-refractivity contribution in [2.75, 3.05) is 6.61 Å². The summed E-state index contributed by atoms with van der Waals surface area (Å²) >= 11 is 0. The van der Waals surface area contributed by atoms with Gasteiger partial charge in [-0.15, -0.1) is 0 Å². The van der Waals surface area contributed by atoms with Crippen LogP contribution in [0.4, 0.5) is 0 Å². The molecule has 1 saturated carbocycles. The molecule has 3 unspecified atom stereocenters. The fraction of sp³-hybridized carbons (Fsp3) is 0.667. The maximum Gasteiger partial charge on any atom is 0.161 e. The fourth-order valence-corrected chi connectivity index (χ4v) is 3.08. The molecule has 2 N–H and O–H groups in total. The molecule has 1 aliphatic rings. The second kappa shape index (κ2) is 8.28. The van der Waals surface area contributed by atoms with Gasteiger partial charge in [-0.2, -0.15) is 0 Å². The highest BCUT2D eigenvalue weighted by Gasteiger charge is 2.29. The normalized spacial score (nSPS) is 25.6. The maximum atomic E-state index is 6.27. The van der Waals surface area contributed by atoms with Crippen LogP contribution in [0.5, 0.6) is 11.5 Å². The molecule has 118 valence electrons. The Morgan fingerprint density at radius 1 is 1.10 bits per heavy atom. The standard InChI is InChI=1S/C18H29NO2/c1-3-7-14-10-11-15(19)18(13-14)21-17-9-6-5-8-16(17)20-12-4-2/h5-6,8-9,14-15,18H,3-4,7,10-13,19H2,1-2H3. The molecule has 0 saturated heterocycles. The number of para-hydroxylation sites is 2. The first-order chi connectivity index (χ1) is 10.2. The van der Waals surface area contributed by atoms with Gasteiger partial charge in [-0.05, 0) is 43.7 Å². The molecule has 0 bridgehead atoms. The second-order valence-electron chi connectivity index (χ2n) is 6.08. The number of nitrogens with two attached hydrogens (primary N) is 1. The van der Waals surface area contributed by atoms with E-state index in [1.807, 2.05) is 24.3 Å². The predicted octanol–water partition coefficient (Wildman–Crippen LogP) is 4.15. The van der Waals surface area contributed by atoms with Gasteiger partial charge in [-0.1, -0.05) is 38.8 Å². The molecular weight excluding hydrogens is 262 g/mol. The SMILES string of the molecule is CCCOc1ccccc1OC1CC(CCC)CCC1N. The molecule has 0 aromatic heterocycles. The van der Waals surface area contributed by atoms with Crippen LogP contribution in [0.25, 0.3) is 0 Å². The Hall–Kier alpha value is -1.22. The summed E-state index contributed by atoms with van der Waals surface area (Å²) in [6.07, 6.45) is 6.99. The smallest absolute Gasteiger partial charge is 0.161 e. The first-order valence-corrected chi connectivity index (χ1v) is 8.38. The van der Waals surface area contributed by atoms with Crippen molar-refractivity contribution in [1.29, 1.82) is 0 Å². The summed E-state index contributed by atoms with van der Waals surface area (Å²) in [7, 11) is 0. The minimum atomic E-state index is 0.113. The van der Waals surface area contributed by atoms with Crippen molar-refractivity contribution in [2.24, 2.45) is 11.7 Å². The van der Waals surface area contributed by atoms with Crippen LogP contribution in [0.3, 0.4) is 0 Å². The van der Waals surface area contributed by atoms with E-state index in [2.05, 4.69) is 13.8 Å². The Morgan fingerprint density at radius 3 is 2.57 bits per heavy atom. The largest absolute Gasteiger partial charge is 0.490 e. The van der Waals surface area contributed by atoms with Crippen LogP contribution in [0.2, 0.25) is 0 Å². The third-order valence-corrected chi connectivity index (χ3v) is 4.24. The zero-order valence-corrected chi connectivity index (χ0v) is 13.4. The van der Waals surface area contributed by atoms with Crippen molar-refractivity contribution < 1.29 is 9.47 Å². The first-order valence-electron chi connectivity index (χ1n) is 8.38. The van der Waals surface area contributed by atoms with E-state index in [0.717, 1.165) is 43.3 Å². The molecule has 1 aromatic carbocycles. The van der Waals surface area contributed by atoms with Crippen molar-refractivity contribution in [1.82, 2.24) is 0 Å². The molecule has 0 spiro atoms. The van der Waals surface area contributed by atoms with Crippen LogP contribution in [-0.4, -0.2) is 18.8 Å². The molecule has 0 amide bonds. The molecule has 1 fully saturated rings. The number of ether oxygens (including phenoxy) is 2. The number of rotatable bonds is 7. The van der Waals surface area contributed by atoms with Gasteiger partial charge in [0.1, 0.15) is 6.10 Å². The summed E-state index contributed by atoms with van der Waals surface area (Å²) in [6, 6.07) is 8.08. The van der Waals surface area contributed by atoms with Crippen molar-refractivity contribution in [3.05, 3.63) is 24.3 Å². The van der Waals surface area contributed by atoms with E-state index in [0.29, 0.717) is 0 Å². The van der Waals surface area contributed by atoms with Crippen molar-refractivity contribution in [3.8, 4) is 11.5 Å². The monoisotopic (exact) mass is 291 g/mol. The van der Waals surface area contributed by atoms with Crippen molar-refractivity contribution in [2.45, 2.75) is 64.5 Å². The summed E-state index contributed by atoms with van der Waals surface area (Å²) in [5, 5.41) is 0. The van der Waals surface area contributed by atoms with E-state index in [4.69, 9.17) is 15.2 Å². The molecule has 21 heavy (non-hydrogen) atoms. The first kappa shape index (κ1) is 16.2. The molecule has 3 nitrogen and oxygen atoms in total. The van der Waals surface area contributed by atoms with E-state index < -0.39 is 0 Å². The Labute approximate surface area is 128 Å². The second-order valence-corrected chi connectivity index (χ2v) is 6.08. The zero-order chi connectivity index (χ0) is 15.1. The van der Waals surface area contributed by atoms with Crippen LogP contribution >= 0.6 is 0 Å². The summed E-state index contributed by atoms with van der Waals surface area (Å²) in [6.45, 7) is 5.07. The van der Waals surface area contributed by atoms with Gasteiger partial charge >= 0.3 is 0 Å². The number of hydrogen-bond donors (Lipinski definition) is 1. The van der Waals surface area contributed by atoms with E-state index >= 15 is 0 Å². The Balaban J connectivity index is 2.02. The fourth-order valence-electron chi connectivity index (χ4n) is 3.08. The lowest BCUT2D eigenvalue weighted by molar-refractivity contribution is 0.0952. The van der Waals surface area contributed by atoms with Gasteiger partial charge in [0.25, 0.3) is 0 Å². The molecule has 0 radical (unpaired) electrons. The van der Waals surface area contributed by atoms with E-state index in [-0.39, 0.29) is 12.1 Å². The summed E-state index contributed by atoms with van der Waals surface area (Å²) in [5.41, 5.74) is 6.27.